The number of aromatic nitrogens is 2. The molecule has 1 saturated heterocycles. The van der Waals surface area contributed by atoms with Crippen molar-refractivity contribution in [1.82, 2.24) is 15.1 Å². The Morgan fingerprint density at radius 2 is 2.10 bits per heavy atom. The van der Waals surface area contributed by atoms with Crippen molar-refractivity contribution in [1.29, 1.82) is 0 Å². The molecule has 6 nitrogen and oxygen atoms in total. The monoisotopic (exact) mass is 391 g/mol. The first-order valence-corrected chi connectivity index (χ1v) is 9.99. The molecule has 1 aromatic heterocycles. The van der Waals surface area contributed by atoms with Gasteiger partial charge in [0.25, 0.3) is 5.91 Å². The second kappa shape index (κ2) is 9.39. The maximum Gasteiger partial charge on any atom is 0.251 e. The standard InChI is InChI=1S/C23H25N3O3/c27-23(19-4-1-5-21(16-19)29-17-22-6-2-15-28-22)24-13-11-18-7-9-20(10-8-18)26-14-3-12-25-26/h1,3-5,7-10,12,14,16,22H,2,6,11,13,15,17H2,(H,24,27). The smallest absolute Gasteiger partial charge is 0.251 e. The highest BCUT2D eigenvalue weighted by atomic mass is 16.5. The van der Waals surface area contributed by atoms with Crippen molar-refractivity contribution in [3.05, 3.63) is 78.1 Å². The first kappa shape index (κ1) is 19.2. The molecule has 1 fully saturated rings. The fraction of sp³-hybridized carbons (Fsp3) is 0.304. The lowest BCUT2D eigenvalue weighted by Gasteiger charge is -2.12. The van der Waals surface area contributed by atoms with Crippen LogP contribution in [0.2, 0.25) is 0 Å². The number of carbonyl (C=O) groups is 1. The van der Waals surface area contributed by atoms with E-state index in [0.29, 0.717) is 24.5 Å². The lowest BCUT2D eigenvalue weighted by atomic mass is 10.1. The van der Waals surface area contributed by atoms with Crippen LogP contribution in [-0.2, 0) is 11.2 Å². The van der Waals surface area contributed by atoms with E-state index in [-0.39, 0.29) is 12.0 Å². The predicted molar refractivity (Wildman–Crippen MR) is 111 cm³/mol. The van der Waals surface area contributed by atoms with E-state index >= 15 is 0 Å². The molecule has 2 aromatic carbocycles. The van der Waals surface area contributed by atoms with Crippen molar-refractivity contribution < 1.29 is 14.3 Å². The largest absolute Gasteiger partial charge is 0.491 e. The van der Waals surface area contributed by atoms with Gasteiger partial charge < -0.3 is 14.8 Å². The van der Waals surface area contributed by atoms with Gasteiger partial charge in [-0.25, -0.2) is 4.68 Å². The molecule has 1 N–H and O–H groups in total. The zero-order chi connectivity index (χ0) is 19.9. The van der Waals surface area contributed by atoms with E-state index in [0.717, 1.165) is 37.1 Å². The molecule has 3 aromatic rings. The third kappa shape index (κ3) is 5.23. The van der Waals surface area contributed by atoms with E-state index < -0.39 is 0 Å². The lowest BCUT2D eigenvalue weighted by molar-refractivity contribution is 0.0679. The van der Waals surface area contributed by atoms with Gasteiger partial charge in [0.05, 0.1) is 11.8 Å². The topological polar surface area (TPSA) is 65.4 Å². The van der Waals surface area contributed by atoms with E-state index in [1.54, 1.807) is 18.3 Å². The number of rotatable bonds is 8. The number of hydrogen-bond acceptors (Lipinski definition) is 4. The van der Waals surface area contributed by atoms with Crippen LogP contribution in [0.15, 0.2) is 67.0 Å². The quantitative estimate of drug-likeness (QED) is 0.639. The molecule has 150 valence electrons. The van der Waals surface area contributed by atoms with Gasteiger partial charge in [-0.2, -0.15) is 5.10 Å². The number of nitrogens with one attached hydrogen (secondary N) is 1. The molecule has 0 aliphatic carbocycles. The van der Waals surface area contributed by atoms with Gasteiger partial charge in [0.2, 0.25) is 0 Å². The highest BCUT2D eigenvalue weighted by Crippen LogP contribution is 2.17. The number of ether oxygens (including phenoxy) is 2. The second-order valence-corrected chi connectivity index (χ2v) is 7.10. The van der Waals surface area contributed by atoms with Gasteiger partial charge in [0, 0.05) is 31.1 Å². The zero-order valence-corrected chi connectivity index (χ0v) is 16.3. The number of amides is 1. The molecule has 6 heteroatoms. The molecule has 4 rings (SSSR count). The average Bonchev–Trinajstić information content (AvgIpc) is 3.47. The minimum Gasteiger partial charge on any atom is -0.491 e. The Morgan fingerprint density at radius 3 is 2.86 bits per heavy atom. The van der Waals surface area contributed by atoms with Crippen molar-refractivity contribution in [3.8, 4) is 11.4 Å². The van der Waals surface area contributed by atoms with Gasteiger partial charge in [0.1, 0.15) is 12.4 Å². The SMILES string of the molecule is O=C(NCCc1ccc(-n2cccn2)cc1)c1cccc(OCC2CCCO2)c1. The second-order valence-electron chi connectivity index (χ2n) is 7.10. The summed E-state index contributed by atoms with van der Waals surface area (Å²) in [5, 5.41) is 7.20. The first-order valence-electron chi connectivity index (χ1n) is 9.99. The molecule has 1 amide bonds. The Morgan fingerprint density at radius 1 is 1.21 bits per heavy atom. The van der Waals surface area contributed by atoms with Crippen LogP contribution in [0.25, 0.3) is 5.69 Å². The van der Waals surface area contributed by atoms with Crippen LogP contribution in [0, 0.1) is 0 Å². The minimum atomic E-state index is -0.0965. The first-order chi connectivity index (χ1) is 14.3. The number of hydrogen-bond donors (Lipinski definition) is 1. The van der Waals surface area contributed by atoms with Crippen molar-refractivity contribution in [2.75, 3.05) is 19.8 Å². The molecule has 0 saturated carbocycles. The maximum absolute atomic E-state index is 12.5. The summed E-state index contributed by atoms with van der Waals surface area (Å²) < 4.78 is 13.2. The van der Waals surface area contributed by atoms with Gasteiger partial charge in [-0.1, -0.05) is 18.2 Å². The lowest BCUT2D eigenvalue weighted by Crippen LogP contribution is -2.25. The summed E-state index contributed by atoms with van der Waals surface area (Å²) in [7, 11) is 0. The average molecular weight is 391 g/mol. The number of nitrogens with zero attached hydrogens (tertiary/aromatic N) is 2. The molecule has 0 bridgehead atoms. The summed E-state index contributed by atoms with van der Waals surface area (Å²) in [6, 6.07) is 17.4. The Bertz CT molecular complexity index is 917. The Labute approximate surface area is 170 Å². The Kier molecular flexibility index (Phi) is 6.22. The molecular weight excluding hydrogens is 366 g/mol. The van der Waals surface area contributed by atoms with Gasteiger partial charge >= 0.3 is 0 Å². The summed E-state index contributed by atoms with van der Waals surface area (Å²) in [5.41, 5.74) is 2.78. The summed E-state index contributed by atoms with van der Waals surface area (Å²) in [6.45, 7) is 1.91. The summed E-state index contributed by atoms with van der Waals surface area (Å²) in [5.74, 6) is 0.600. The van der Waals surface area contributed by atoms with Gasteiger partial charge in [-0.05, 0) is 61.2 Å². The molecule has 1 aliphatic rings. The molecule has 29 heavy (non-hydrogen) atoms. The van der Waals surface area contributed by atoms with E-state index in [2.05, 4.69) is 22.5 Å². The van der Waals surface area contributed by atoms with Crippen LogP contribution in [0.5, 0.6) is 5.75 Å². The fourth-order valence-corrected chi connectivity index (χ4v) is 3.35. The number of benzene rings is 2. The highest BCUT2D eigenvalue weighted by Gasteiger charge is 2.16. The summed E-state index contributed by atoms with van der Waals surface area (Å²) in [6.07, 6.45) is 6.71. The number of carbonyl (C=O) groups excluding carboxylic acids is 1. The van der Waals surface area contributed by atoms with Crippen LogP contribution >= 0.6 is 0 Å². The Hall–Kier alpha value is -3.12. The van der Waals surface area contributed by atoms with Crippen molar-refractivity contribution in [2.24, 2.45) is 0 Å². The van der Waals surface area contributed by atoms with Crippen LogP contribution in [-0.4, -0.2) is 41.6 Å². The molecule has 0 radical (unpaired) electrons. The van der Waals surface area contributed by atoms with E-state index in [1.807, 2.05) is 41.2 Å². The van der Waals surface area contributed by atoms with E-state index in [4.69, 9.17) is 9.47 Å². The minimum absolute atomic E-state index is 0.0965. The zero-order valence-electron chi connectivity index (χ0n) is 16.3. The maximum atomic E-state index is 12.5. The summed E-state index contributed by atoms with van der Waals surface area (Å²) >= 11 is 0. The molecular formula is C23H25N3O3. The van der Waals surface area contributed by atoms with Gasteiger partial charge in [-0.3, -0.25) is 4.79 Å². The molecule has 2 heterocycles. The Balaban J connectivity index is 1.25. The van der Waals surface area contributed by atoms with Crippen LogP contribution in [0.4, 0.5) is 0 Å². The third-order valence-electron chi connectivity index (χ3n) is 4.96. The van der Waals surface area contributed by atoms with Crippen LogP contribution < -0.4 is 10.1 Å². The molecule has 0 spiro atoms. The van der Waals surface area contributed by atoms with Gasteiger partial charge in [0.15, 0.2) is 0 Å². The fourth-order valence-electron chi connectivity index (χ4n) is 3.35. The normalized spacial score (nSPS) is 15.9. The molecule has 1 aliphatic heterocycles. The highest BCUT2D eigenvalue weighted by molar-refractivity contribution is 5.94. The van der Waals surface area contributed by atoms with Crippen LogP contribution in [0.3, 0.4) is 0 Å². The van der Waals surface area contributed by atoms with Gasteiger partial charge in [-0.15, -0.1) is 0 Å². The van der Waals surface area contributed by atoms with Crippen molar-refractivity contribution in [2.45, 2.75) is 25.4 Å². The molecule has 1 atom stereocenters. The van der Waals surface area contributed by atoms with Crippen LogP contribution in [0.1, 0.15) is 28.8 Å². The summed E-state index contributed by atoms with van der Waals surface area (Å²) in [4.78, 5) is 12.5. The van der Waals surface area contributed by atoms with E-state index in [9.17, 15) is 4.79 Å². The molecule has 1 unspecified atom stereocenters. The predicted octanol–water partition coefficient (Wildman–Crippen LogP) is 3.40. The van der Waals surface area contributed by atoms with E-state index in [1.165, 1.54) is 0 Å². The van der Waals surface area contributed by atoms with Crippen molar-refractivity contribution >= 4 is 5.91 Å². The third-order valence-corrected chi connectivity index (χ3v) is 4.96. The van der Waals surface area contributed by atoms with Crippen molar-refractivity contribution in [3.63, 3.8) is 0 Å².